The summed E-state index contributed by atoms with van der Waals surface area (Å²) in [4.78, 5) is 27.9. The summed E-state index contributed by atoms with van der Waals surface area (Å²) in [6.07, 6.45) is 1.50. The van der Waals surface area contributed by atoms with Crippen LogP contribution in [0.5, 0.6) is 0 Å². The van der Waals surface area contributed by atoms with E-state index in [0.717, 1.165) is 34.8 Å². The molecule has 4 rings (SSSR count). The molecule has 5 heteroatoms. The Kier molecular flexibility index (Phi) is 5.96. The number of nitrogens with zero attached hydrogens (tertiary/aromatic N) is 1. The monoisotopic (exact) mass is 402 g/mol. The van der Waals surface area contributed by atoms with Gasteiger partial charge in [-0.1, -0.05) is 48.5 Å². The van der Waals surface area contributed by atoms with Crippen LogP contribution in [0.1, 0.15) is 23.7 Å². The van der Waals surface area contributed by atoms with Crippen LogP contribution in [0.15, 0.2) is 89.8 Å². The molecule has 3 aromatic rings. The Labute approximate surface area is 174 Å². The first-order valence-electron chi connectivity index (χ1n) is 9.69. The molecule has 0 spiro atoms. The van der Waals surface area contributed by atoms with E-state index in [1.54, 1.807) is 4.90 Å². The first kappa shape index (κ1) is 19.3. The fraction of sp³-hybridized carbons (Fsp3) is 0.167. The van der Waals surface area contributed by atoms with Crippen LogP contribution >= 0.6 is 11.8 Å². The predicted molar refractivity (Wildman–Crippen MR) is 118 cm³/mol. The SMILES string of the molecule is O=C(Nc1ccc(N2CCCC2=O)cc1)C(Sc1ccccc1)c1ccccc1. The van der Waals surface area contributed by atoms with Gasteiger partial charge in [-0.3, -0.25) is 9.59 Å². The van der Waals surface area contributed by atoms with Crippen LogP contribution in [0.2, 0.25) is 0 Å². The van der Waals surface area contributed by atoms with E-state index in [1.165, 1.54) is 11.8 Å². The summed E-state index contributed by atoms with van der Waals surface area (Å²) in [5.41, 5.74) is 2.56. The second kappa shape index (κ2) is 8.97. The number of rotatable bonds is 6. The van der Waals surface area contributed by atoms with E-state index in [2.05, 4.69) is 5.32 Å². The van der Waals surface area contributed by atoms with Crippen molar-refractivity contribution in [2.45, 2.75) is 23.0 Å². The number of carbonyl (C=O) groups excluding carboxylic acids is 2. The van der Waals surface area contributed by atoms with Gasteiger partial charge in [-0.05, 0) is 48.4 Å². The van der Waals surface area contributed by atoms with Crippen LogP contribution in [-0.4, -0.2) is 18.4 Å². The van der Waals surface area contributed by atoms with Gasteiger partial charge in [0.25, 0.3) is 0 Å². The smallest absolute Gasteiger partial charge is 0.242 e. The number of anilines is 2. The zero-order valence-corrected chi connectivity index (χ0v) is 16.8. The van der Waals surface area contributed by atoms with E-state index in [1.807, 2.05) is 84.9 Å². The molecule has 1 aliphatic rings. The first-order valence-corrected chi connectivity index (χ1v) is 10.6. The third-order valence-electron chi connectivity index (χ3n) is 4.86. The van der Waals surface area contributed by atoms with Crippen LogP contribution in [0.4, 0.5) is 11.4 Å². The molecule has 1 heterocycles. The topological polar surface area (TPSA) is 49.4 Å². The summed E-state index contributed by atoms with van der Waals surface area (Å²) >= 11 is 1.53. The van der Waals surface area contributed by atoms with Crippen molar-refractivity contribution < 1.29 is 9.59 Å². The molecule has 0 radical (unpaired) electrons. The van der Waals surface area contributed by atoms with Crippen molar-refractivity contribution >= 4 is 35.0 Å². The van der Waals surface area contributed by atoms with E-state index in [-0.39, 0.29) is 17.1 Å². The Morgan fingerprint density at radius 3 is 2.17 bits per heavy atom. The van der Waals surface area contributed by atoms with Gasteiger partial charge in [0.1, 0.15) is 5.25 Å². The fourth-order valence-corrected chi connectivity index (χ4v) is 4.44. The van der Waals surface area contributed by atoms with Crippen LogP contribution in [0.25, 0.3) is 0 Å². The minimum Gasteiger partial charge on any atom is -0.325 e. The number of benzene rings is 3. The minimum absolute atomic E-state index is 0.0740. The second-order valence-corrected chi connectivity index (χ2v) is 8.09. The average molecular weight is 403 g/mol. The van der Waals surface area contributed by atoms with Crippen molar-refractivity contribution in [2.24, 2.45) is 0 Å². The Bertz CT molecular complexity index is 975. The lowest BCUT2D eigenvalue weighted by molar-refractivity contribution is -0.117. The van der Waals surface area contributed by atoms with Crippen molar-refractivity contribution in [3.05, 3.63) is 90.5 Å². The van der Waals surface area contributed by atoms with Gasteiger partial charge in [-0.25, -0.2) is 0 Å². The highest BCUT2D eigenvalue weighted by Crippen LogP contribution is 2.36. The Balaban J connectivity index is 1.51. The summed E-state index contributed by atoms with van der Waals surface area (Å²) in [6, 6.07) is 27.2. The van der Waals surface area contributed by atoms with E-state index in [4.69, 9.17) is 0 Å². The third-order valence-corrected chi connectivity index (χ3v) is 6.12. The van der Waals surface area contributed by atoms with Crippen molar-refractivity contribution in [3.63, 3.8) is 0 Å². The molecule has 146 valence electrons. The largest absolute Gasteiger partial charge is 0.325 e. The van der Waals surface area contributed by atoms with Gasteiger partial charge in [-0.2, -0.15) is 0 Å². The molecule has 1 N–H and O–H groups in total. The van der Waals surface area contributed by atoms with Gasteiger partial charge in [0.05, 0.1) is 0 Å². The lowest BCUT2D eigenvalue weighted by Gasteiger charge is -2.18. The highest BCUT2D eigenvalue weighted by Gasteiger charge is 2.23. The maximum atomic E-state index is 13.1. The normalized spacial score (nSPS) is 14.6. The Morgan fingerprint density at radius 1 is 0.897 bits per heavy atom. The van der Waals surface area contributed by atoms with Crippen LogP contribution < -0.4 is 10.2 Å². The van der Waals surface area contributed by atoms with E-state index in [0.29, 0.717) is 6.42 Å². The molecule has 2 amide bonds. The molecular formula is C24H22N2O2S. The van der Waals surface area contributed by atoms with Gasteiger partial charge in [0, 0.05) is 29.2 Å². The summed E-state index contributed by atoms with van der Waals surface area (Å²) in [6.45, 7) is 0.758. The van der Waals surface area contributed by atoms with Gasteiger partial charge in [0.2, 0.25) is 11.8 Å². The molecule has 1 aliphatic heterocycles. The summed E-state index contributed by atoms with van der Waals surface area (Å²) in [5, 5.41) is 2.66. The summed E-state index contributed by atoms with van der Waals surface area (Å²) < 4.78 is 0. The standard InChI is InChI=1S/C24H22N2O2S/c27-22-12-7-17-26(22)20-15-13-19(14-16-20)25-24(28)23(18-8-3-1-4-9-18)29-21-10-5-2-6-11-21/h1-6,8-11,13-16,23H,7,12,17H2,(H,25,28). The number of carbonyl (C=O) groups is 2. The molecule has 4 nitrogen and oxygen atoms in total. The van der Waals surface area contributed by atoms with Crippen molar-refractivity contribution in [1.29, 1.82) is 0 Å². The number of nitrogens with one attached hydrogen (secondary N) is 1. The highest BCUT2D eigenvalue weighted by molar-refractivity contribution is 8.00. The van der Waals surface area contributed by atoms with Crippen LogP contribution in [-0.2, 0) is 9.59 Å². The van der Waals surface area contributed by atoms with Gasteiger partial charge < -0.3 is 10.2 Å². The van der Waals surface area contributed by atoms with Crippen molar-refractivity contribution in [1.82, 2.24) is 0 Å². The second-order valence-electron chi connectivity index (χ2n) is 6.91. The summed E-state index contributed by atoms with van der Waals surface area (Å²) in [5.74, 6) is 0.0836. The average Bonchev–Trinajstić information content (AvgIpc) is 3.20. The predicted octanol–water partition coefficient (Wildman–Crippen LogP) is 5.29. The van der Waals surface area contributed by atoms with Crippen molar-refractivity contribution in [2.75, 3.05) is 16.8 Å². The van der Waals surface area contributed by atoms with Crippen LogP contribution in [0, 0.1) is 0 Å². The van der Waals surface area contributed by atoms with Gasteiger partial charge >= 0.3 is 0 Å². The van der Waals surface area contributed by atoms with E-state index >= 15 is 0 Å². The van der Waals surface area contributed by atoms with Crippen molar-refractivity contribution in [3.8, 4) is 0 Å². The van der Waals surface area contributed by atoms with Gasteiger partial charge in [0.15, 0.2) is 0 Å². The maximum Gasteiger partial charge on any atom is 0.242 e. The highest BCUT2D eigenvalue weighted by atomic mass is 32.2. The van der Waals surface area contributed by atoms with Crippen LogP contribution in [0.3, 0.4) is 0 Å². The molecule has 3 aromatic carbocycles. The van der Waals surface area contributed by atoms with E-state index in [9.17, 15) is 9.59 Å². The number of hydrogen-bond acceptors (Lipinski definition) is 3. The fourth-order valence-electron chi connectivity index (χ4n) is 3.39. The molecule has 1 atom stereocenters. The quantitative estimate of drug-likeness (QED) is 0.570. The maximum absolute atomic E-state index is 13.1. The molecule has 0 aromatic heterocycles. The van der Waals surface area contributed by atoms with E-state index < -0.39 is 0 Å². The number of thioether (sulfide) groups is 1. The molecule has 29 heavy (non-hydrogen) atoms. The molecular weight excluding hydrogens is 380 g/mol. The van der Waals surface area contributed by atoms with Gasteiger partial charge in [-0.15, -0.1) is 11.8 Å². The lowest BCUT2D eigenvalue weighted by atomic mass is 10.1. The zero-order chi connectivity index (χ0) is 20.1. The summed E-state index contributed by atoms with van der Waals surface area (Å²) in [7, 11) is 0. The molecule has 0 saturated carbocycles. The lowest BCUT2D eigenvalue weighted by Crippen LogP contribution is -2.23. The number of amides is 2. The third kappa shape index (κ3) is 4.69. The number of hydrogen-bond donors (Lipinski definition) is 1. The molecule has 0 bridgehead atoms. The molecule has 0 aliphatic carbocycles. The Hall–Kier alpha value is -3.05. The zero-order valence-electron chi connectivity index (χ0n) is 16.0. The molecule has 1 saturated heterocycles. The minimum atomic E-state index is -0.363. The molecule has 1 unspecified atom stereocenters. The Morgan fingerprint density at radius 2 is 1.55 bits per heavy atom. The first-order chi connectivity index (χ1) is 14.2. The molecule has 1 fully saturated rings.